The number of alkyl halides is 3. The molecule has 120 valence electrons. The van der Waals surface area contributed by atoms with Gasteiger partial charge in [-0.25, -0.2) is 0 Å². The minimum atomic E-state index is -4.34. The molecule has 5 heteroatoms. The van der Waals surface area contributed by atoms with Gasteiger partial charge < -0.3 is 5.32 Å². The fraction of sp³-hybridized carbons (Fsp3) is 0.588. The second-order valence-electron chi connectivity index (χ2n) is 6.61. The third-order valence-electron chi connectivity index (χ3n) is 5.08. The standard InChI is InChI=1S/C17H20F3NO/c18-17(19,20)15-3-1-2-12(8-15)10-21-16(22)9-14-7-11-4-5-13(14)6-11/h1-3,8,11,13-14H,4-7,9-10H2,(H,21,22)/t11-,13+,14+/m0/s1. The maximum atomic E-state index is 12.6. The first-order valence-corrected chi connectivity index (χ1v) is 7.84. The summed E-state index contributed by atoms with van der Waals surface area (Å²) in [5, 5.41) is 2.76. The molecule has 0 aromatic heterocycles. The second-order valence-corrected chi connectivity index (χ2v) is 6.61. The van der Waals surface area contributed by atoms with Gasteiger partial charge in [0.1, 0.15) is 0 Å². The van der Waals surface area contributed by atoms with Crippen LogP contribution in [0.25, 0.3) is 0 Å². The van der Waals surface area contributed by atoms with E-state index < -0.39 is 11.7 Å². The van der Waals surface area contributed by atoms with Crippen molar-refractivity contribution in [1.29, 1.82) is 0 Å². The Labute approximate surface area is 128 Å². The fourth-order valence-corrected chi connectivity index (χ4v) is 4.00. The van der Waals surface area contributed by atoms with Crippen molar-refractivity contribution < 1.29 is 18.0 Å². The largest absolute Gasteiger partial charge is 0.416 e. The van der Waals surface area contributed by atoms with Crippen molar-refractivity contribution in [3.8, 4) is 0 Å². The minimum Gasteiger partial charge on any atom is -0.352 e. The minimum absolute atomic E-state index is 0.0463. The summed E-state index contributed by atoms with van der Waals surface area (Å²) in [5.41, 5.74) is -0.191. The Kier molecular flexibility index (Phi) is 4.15. The van der Waals surface area contributed by atoms with Gasteiger partial charge in [-0.15, -0.1) is 0 Å². The molecule has 0 aliphatic heterocycles. The molecule has 1 aromatic carbocycles. The van der Waals surface area contributed by atoms with Crippen LogP contribution in [0.3, 0.4) is 0 Å². The van der Waals surface area contributed by atoms with Gasteiger partial charge in [0, 0.05) is 13.0 Å². The van der Waals surface area contributed by atoms with Gasteiger partial charge >= 0.3 is 6.18 Å². The van der Waals surface area contributed by atoms with Crippen molar-refractivity contribution in [2.24, 2.45) is 17.8 Å². The topological polar surface area (TPSA) is 29.1 Å². The average molecular weight is 311 g/mol. The Bertz CT molecular complexity index is 555. The molecule has 0 heterocycles. The molecule has 2 fully saturated rings. The van der Waals surface area contributed by atoms with E-state index >= 15 is 0 Å². The van der Waals surface area contributed by atoms with Gasteiger partial charge in [0.15, 0.2) is 0 Å². The second kappa shape index (κ2) is 5.94. The summed E-state index contributed by atoms with van der Waals surface area (Å²) >= 11 is 0. The number of hydrogen-bond acceptors (Lipinski definition) is 1. The van der Waals surface area contributed by atoms with Gasteiger partial charge in [-0.3, -0.25) is 4.79 Å². The highest BCUT2D eigenvalue weighted by atomic mass is 19.4. The summed E-state index contributed by atoms with van der Waals surface area (Å²) in [6, 6.07) is 5.12. The lowest BCUT2D eigenvalue weighted by Gasteiger charge is -2.21. The van der Waals surface area contributed by atoms with Crippen LogP contribution in [0.5, 0.6) is 0 Å². The monoisotopic (exact) mass is 311 g/mol. The van der Waals surface area contributed by atoms with Crippen LogP contribution in [-0.2, 0) is 17.5 Å². The Morgan fingerprint density at radius 2 is 2.05 bits per heavy atom. The van der Waals surface area contributed by atoms with Crippen LogP contribution in [0.2, 0.25) is 0 Å². The van der Waals surface area contributed by atoms with Gasteiger partial charge in [-0.2, -0.15) is 13.2 Å². The molecule has 2 nitrogen and oxygen atoms in total. The van der Waals surface area contributed by atoms with Gasteiger partial charge in [-0.05, 0) is 54.7 Å². The highest BCUT2D eigenvalue weighted by Gasteiger charge is 2.40. The first-order chi connectivity index (χ1) is 10.4. The van der Waals surface area contributed by atoms with E-state index in [2.05, 4.69) is 5.32 Å². The molecule has 0 unspecified atom stereocenters. The van der Waals surface area contributed by atoms with Crippen molar-refractivity contribution in [3.05, 3.63) is 35.4 Å². The zero-order valence-corrected chi connectivity index (χ0v) is 12.3. The molecule has 3 rings (SSSR count). The van der Waals surface area contributed by atoms with Crippen molar-refractivity contribution in [2.75, 3.05) is 0 Å². The molecule has 0 radical (unpaired) electrons. The molecule has 2 aliphatic carbocycles. The summed E-state index contributed by atoms with van der Waals surface area (Å²) < 4.78 is 37.9. The van der Waals surface area contributed by atoms with E-state index in [9.17, 15) is 18.0 Å². The van der Waals surface area contributed by atoms with Crippen molar-refractivity contribution in [2.45, 2.75) is 44.8 Å². The molecule has 1 amide bonds. The number of benzene rings is 1. The predicted octanol–water partition coefficient (Wildman–Crippen LogP) is 4.15. The van der Waals surface area contributed by atoms with Crippen molar-refractivity contribution in [3.63, 3.8) is 0 Å². The third kappa shape index (κ3) is 3.45. The maximum Gasteiger partial charge on any atom is 0.416 e. The Hall–Kier alpha value is -1.52. The SMILES string of the molecule is O=C(C[C@H]1C[C@H]2CC[C@@H]1C2)NCc1cccc(C(F)(F)F)c1. The number of hydrogen-bond donors (Lipinski definition) is 1. The molecule has 2 aliphatic rings. The summed E-state index contributed by atoms with van der Waals surface area (Å²) in [7, 11) is 0. The molecule has 0 saturated heterocycles. The van der Waals surface area contributed by atoms with Crippen LogP contribution >= 0.6 is 0 Å². The summed E-state index contributed by atoms with van der Waals surface area (Å²) in [4.78, 5) is 12.0. The van der Waals surface area contributed by atoms with E-state index in [1.165, 1.54) is 25.3 Å². The van der Waals surface area contributed by atoms with E-state index in [0.29, 0.717) is 23.8 Å². The quantitative estimate of drug-likeness (QED) is 0.889. The Balaban J connectivity index is 1.51. The number of halogens is 3. The zero-order valence-electron chi connectivity index (χ0n) is 12.3. The van der Waals surface area contributed by atoms with Gasteiger partial charge in [0.05, 0.1) is 5.56 Å². The lowest BCUT2D eigenvalue weighted by molar-refractivity contribution is -0.137. The molecule has 3 atom stereocenters. The van der Waals surface area contributed by atoms with E-state index in [1.54, 1.807) is 6.07 Å². The molecule has 0 spiro atoms. The first-order valence-electron chi connectivity index (χ1n) is 7.84. The van der Waals surface area contributed by atoms with E-state index in [4.69, 9.17) is 0 Å². The molecular weight excluding hydrogens is 291 g/mol. The van der Waals surface area contributed by atoms with Crippen LogP contribution < -0.4 is 5.32 Å². The summed E-state index contributed by atoms with van der Waals surface area (Å²) in [6.45, 7) is 0.156. The van der Waals surface area contributed by atoms with Gasteiger partial charge in [-0.1, -0.05) is 18.6 Å². The lowest BCUT2D eigenvalue weighted by Crippen LogP contribution is -2.27. The van der Waals surface area contributed by atoms with Gasteiger partial charge in [0.2, 0.25) is 5.91 Å². The van der Waals surface area contributed by atoms with Crippen LogP contribution in [0.1, 0.15) is 43.2 Å². The highest BCUT2D eigenvalue weighted by Crippen LogP contribution is 2.49. The number of rotatable bonds is 4. The number of nitrogens with one attached hydrogen (secondary N) is 1. The third-order valence-corrected chi connectivity index (χ3v) is 5.08. The van der Waals surface area contributed by atoms with Gasteiger partial charge in [0.25, 0.3) is 0 Å². The van der Waals surface area contributed by atoms with Crippen molar-refractivity contribution in [1.82, 2.24) is 5.32 Å². The first kappa shape index (κ1) is 15.4. The maximum absolute atomic E-state index is 12.6. The predicted molar refractivity (Wildman–Crippen MR) is 76.8 cm³/mol. The van der Waals surface area contributed by atoms with Crippen LogP contribution in [0.4, 0.5) is 13.2 Å². The molecule has 1 N–H and O–H groups in total. The highest BCUT2D eigenvalue weighted by molar-refractivity contribution is 5.76. The molecular formula is C17H20F3NO. The van der Waals surface area contributed by atoms with Crippen LogP contribution in [0, 0.1) is 17.8 Å². The Morgan fingerprint density at radius 1 is 1.23 bits per heavy atom. The summed E-state index contributed by atoms with van der Waals surface area (Å²) in [6.07, 6.45) is 1.10. The number of fused-ring (bicyclic) bond motifs is 2. The van der Waals surface area contributed by atoms with E-state index in [1.807, 2.05) is 0 Å². The number of carbonyl (C=O) groups is 1. The molecule has 22 heavy (non-hydrogen) atoms. The van der Waals surface area contributed by atoms with Crippen LogP contribution in [0.15, 0.2) is 24.3 Å². The lowest BCUT2D eigenvalue weighted by atomic mass is 9.86. The average Bonchev–Trinajstić information content (AvgIpc) is 3.07. The summed E-state index contributed by atoms with van der Waals surface area (Å²) in [5.74, 6) is 1.91. The zero-order chi connectivity index (χ0) is 15.7. The number of amides is 1. The molecule has 2 bridgehead atoms. The van der Waals surface area contributed by atoms with E-state index in [-0.39, 0.29) is 12.5 Å². The fourth-order valence-electron chi connectivity index (χ4n) is 4.00. The Morgan fingerprint density at radius 3 is 2.68 bits per heavy atom. The molecule has 2 saturated carbocycles. The smallest absolute Gasteiger partial charge is 0.352 e. The normalized spacial score (nSPS) is 27.1. The van der Waals surface area contributed by atoms with Crippen LogP contribution in [-0.4, -0.2) is 5.91 Å². The molecule has 1 aromatic rings. The number of carbonyl (C=O) groups excluding carboxylic acids is 1. The van der Waals surface area contributed by atoms with E-state index in [0.717, 1.165) is 24.5 Å². The van der Waals surface area contributed by atoms with Crippen molar-refractivity contribution >= 4 is 5.91 Å².